The first kappa shape index (κ1) is 13.5. The van der Waals surface area contributed by atoms with Crippen LogP contribution in [0.5, 0.6) is 5.75 Å². The lowest BCUT2D eigenvalue weighted by molar-refractivity contribution is 0.414. The molecule has 1 aliphatic carbocycles. The monoisotopic (exact) mass is 311 g/mol. The fourth-order valence-electron chi connectivity index (χ4n) is 3.14. The molecule has 4 rings (SSSR count). The minimum atomic E-state index is 0.375. The highest BCUT2D eigenvalue weighted by atomic mass is 32.1. The van der Waals surface area contributed by atoms with Gasteiger partial charge in [0.1, 0.15) is 22.7 Å². The summed E-state index contributed by atoms with van der Waals surface area (Å²) in [6.45, 7) is 2.11. The zero-order valence-corrected chi connectivity index (χ0v) is 13.4. The van der Waals surface area contributed by atoms with Crippen LogP contribution < -0.4 is 10.1 Å². The molecule has 0 saturated heterocycles. The summed E-state index contributed by atoms with van der Waals surface area (Å²) in [6, 6.07) is 6.72. The van der Waals surface area contributed by atoms with Gasteiger partial charge in [-0.15, -0.1) is 11.3 Å². The van der Waals surface area contributed by atoms with E-state index in [-0.39, 0.29) is 0 Å². The molecule has 1 aliphatic rings. The molecule has 3 aromatic rings. The summed E-state index contributed by atoms with van der Waals surface area (Å²) in [5.74, 6) is 1.88. The Hall–Kier alpha value is -2.14. The van der Waals surface area contributed by atoms with Crippen LogP contribution in [0.1, 0.15) is 16.7 Å². The number of fused-ring (bicyclic) bond motifs is 2. The summed E-state index contributed by atoms with van der Waals surface area (Å²) in [7, 11) is 1.71. The minimum absolute atomic E-state index is 0.375. The van der Waals surface area contributed by atoms with Gasteiger partial charge >= 0.3 is 0 Å². The number of nitrogens with zero attached hydrogens (tertiary/aromatic N) is 2. The van der Waals surface area contributed by atoms with E-state index in [0.717, 1.165) is 34.6 Å². The summed E-state index contributed by atoms with van der Waals surface area (Å²) in [6.07, 6.45) is 3.67. The molecular weight excluding hydrogens is 294 g/mol. The first-order valence-corrected chi connectivity index (χ1v) is 8.23. The van der Waals surface area contributed by atoms with Gasteiger partial charge in [0.25, 0.3) is 0 Å². The standard InChI is InChI=1S/C17H17N3OS/c1-10-8-22-17-15(10)16(18-9-19-17)20-13-5-11-3-4-14(21-2)7-12(11)6-13/h3-4,7-9,13H,5-6H2,1-2H3,(H,18,19,20). The van der Waals surface area contributed by atoms with Gasteiger partial charge in [-0.05, 0) is 54.0 Å². The van der Waals surface area contributed by atoms with Crippen molar-refractivity contribution >= 4 is 27.4 Å². The van der Waals surface area contributed by atoms with Crippen LogP contribution in [0.2, 0.25) is 0 Å². The highest BCUT2D eigenvalue weighted by Crippen LogP contribution is 2.32. The van der Waals surface area contributed by atoms with Crippen LogP contribution in [0.3, 0.4) is 0 Å². The number of hydrogen-bond donors (Lipinski definition) is 1. The Bertz CT molecular complexity index is 843. The Morgan fingerprint density at radius 2 is 2.09 bits per heavy atom. The number of anilines is 1. The lowest BCUT2D eigenvalue weighted by Gasteiger charge is -2.13. The fraction of sp³-hybridized carbons (Fsp3) is 0.294. The molecule has 1 unspecified atom stereocenters. The number of thiophene rings is 1. The number of ether oxygens (including phenoxy) is 1. The van der Waals surface area contributed by atoms with Crippen molar-refractivity contribution in [1.82, 2.24) is 9.97 Å². The minimum Gasteiger partial charge on any atom is -0.497 e. The van der Waals surface area contributed by atoms with Gasteiger partial charge in [-0.1, -0.05) is 6.07 Å². The second kappa shape index (κ2) is 5.25. The maximum absolute atomic E-state index is 5.32. The third-order valence-corrected chi connectivity index (χ3v) is 5.25. The maximum Gasteiger partial charge on any atom is 0.138 e. The van der Waals surface area contributed by atoms with Crippen molar-refractivity contribution in [3.8, 4) is 5.75 Å². The van der Waals surface area contributed by atoms with Crippen LogP contribution in [-0.4, -0.2) is 23.1 Å². The van der Waals surface area contributed by atoms with Crippen molar-refractivity contribution in [3.63, 3.8) is 0 Å². The lowest BCUT2D eigenvalue weighted by Crippen LogP contribution is -2.20. The number of methoxy groups -OCH3 is 1. The molecule has 1 atom stereocenters. The largest absolute Gasteiger partial charge is 0.497 e. The van der Waals surface area contributed by atoms with E-state index in [1.165, 1.54) is 16.7 Å². The van der Waals surface area contributed by atoms with E-state index in [9.17, 15) is 0 Å². The average molecular weight is 311 g/mol. The van der Waals surface area contributed by atoms with Crippen LogP contribution >= 0.6 is 11.3 Å². The Labute approximate surface area is 133 Å². The molecule has 0 bridgehead atoms. The molecule has 0 amide bonds. The van der Waals surface area contributed by atoms with E-state index in [0.29, 0.717) is 6.04 Å². The van der Waals surface area contributed by atoms with E-state index in [1.807, 2.05) is 6.07 Å². The van der Waals surface area contributed by atoms with Gasteiger partial charge in [-0.25, -0.2) is 9.97 Å². The Kier molecular flexibility index (Phi) is 3.22. The fourth-order valence-corrected chi connectivity index (χ4v) is 4.03. The molecule has 4 nitrogen and oxygen atoms in total. The van der Waals surface area contributed by atoms with Crippen LogP contribution in [-0.2, 0) is 12.8 Å². The first-order valence-electron chi connectivity index (χ1n) is 7.35. The molecular formula is C17H17N3OS. The number of benzene rings is 1. The summed E-state index contributed by atoms with van der Waals surface area (Å²) in [5.41, 5.74) is 4.00. The van der Waals surface area contributed by atoms with Crippen LogP contribution in [0.25, 0.3) is 10.2 Å². The van der Waals surface area contributed by atoms with E-state index in [1.54, 1.807) is 24.8 Å². The number of rotatable bonds is 3. The second-order valence-electron chi connectivity index (χ2n) is 5.71. The maximum atomic E-state index is 5.32. The number of aromatic nitrogens is 2. The van der Waals surface area contributed by atoms with E-state index >= 15 is 0 Å². The summed E-state index contributed by atoms with van der Waals surface area (Å²) < 4.78 is 5.32. The van der Waals surface area contributed by atoms with Crippen molar-refractivity contribution in [1.29, 1.82) is 0 Å². The van der Waals surface area contributed by atoms with Crippen molar-refractivity contribution in [2.45, 2.75) is 25.8 Å². The topological polar surface area (TPSA) is 47.0 Å². The van der Waals surface area contributed by atoms with Crippen molar-refractivity contribution in [2.24, 2.45) is 0 Å². The highest BCUT2D eigenvalue weighted by Gasteiger charge is 2.23. The van der Waals surface area contributed by atoms with Crippen LogP contribution in [0, 0.1) is 6.92 Å². The van der Waals surface area contributed by atoms with Crippen molar-refractivity contribution in [3.05, 3.63) is 46.6 Å². The zero-order valence-electron chi connectivity index (χ0n) is 12.6. The van der Waals surface area contributed by atoms with Gasteiger partial charge in [0.15, 0.2) is 0 Å². The van der Waals surface area contributed by atoms with Gasteiger partial charge < -0.3 is 10.1 Å². The molecule has 1 N–H and O–H groups in total. The summed E-state index contributed by atoms with van der Waals surface area (Å²) >= 11 is 1.67. The third-order valence-electron chi connectivity index (χ3n) is 4.24. The molecule has 22 heavy (non-hydrogen) atoms. The van der Waals surface area contributed by atoms with Crippen LogP contribution in [0.15, 0.2) is 29.9 Å². The van der Waals surface area contributed by atoms with Gasteiger partial charge in [0, 0.05) is 6.04 Å². The Morgan fingerprint density at radius 3 is 2.95 bits per heavy atom. The van der Waals surface area contributed by atoms with E-state index in [2.05, 4.69) is 39.7 Å². The Morgan fingerprint density at radius 1 is 1.23 bits per heavy atom. The Balaban J connectivity index is 1.61. The number of aryl methyl sites for hydroxylation is 1. The van der Waals surface area contributed by atoms with E-state index in [4.69, 9.17) is 4.74 Å². The van der Waals surface area contributed by atoms with Crippen LogP contribution in [0.4, 0.5) is 5.82 Å². The predicted molar refractivity (Wildman–Crippen MR) is 90.0 cm³/mol. The normalized spacial score (nSPS) is 16.7. The van der Waals surface area contributed by atoms with Gasteiger partial charge in [0.05, 0.1) is 12.5 Å². The molecule has 2 heterocycles. The van der Waals surface area contributed by atoms with Crippen molar-refractivity contribution < 1.29 is 4.74 Å². The van der Waals surface area contributed by atoms with Gasteiger partial charge in [-0.2, -0.15) is 0 Å². The predicted octanol–water partition coefficient (Wildman–Crippen LogP) is 3.59. The molecule has 0 saturated carbocycles. The number of hydrogen-bond acceptors (Lipinski definition) is 5. The lowest BCUT2D eigenvalue weighted by atomic mass is 10.1. The van der Waals surface area contributed by atoms with Gasteiger partial charge in [-0.3, -0.25) is 0 Å². The molecule has 112 valence electrons. The molecule has 0 radical (unpaired) electrons. The van der Waals surface area contributed by atoms with Gasteiger partial charge in [0.2, 0.25) is 0 Å². The van der Waals surface area contributed by atoms with E-state index < -0.39 is 0 Å². The molecule has 0 aliphatic heterocycles. The summed E-state index contributed by atoms with van der Waals surface area (Å²) in [5, 5.41) is 6.90. The average Bonchev–Trinajstić information content (AvgIpc) is 3.10. The van der Waals surface area contributed by atoms with Crippen molar-refractivity contribution in [2.75, 3.05) is 12.4 Å². The smallest absolute Gasteiger partial charge is 0.138 e. The quantitative estimate of drug-likeness (QED) is 0.803. The molecule has 0 spiro atoms. The number of nitrogens with one attached hydrogen (secondary N) is 1. The SMILES string of the molecule is COc1ccc2c(c1)CC(Nc1ncnc3scc(C)c13)C2. The molecule has 0 fully saturated rings. The molecule has 5 heteroatoms. The third kappa shape index (κ3) is 2.22. The molecule has 2 aromatic heterocycles. The second-order valence-corrected chi connectivity index (χ2v) is 6.56. The zero-order chi connectivity index (χ0) is 15.1. The first-order chi connectivity index (χ1) is 10.7. The summed E-state index contributed by atoms with van der Waals surface area (Å²) in [4.78, 5) is 9.86. The molecule has 1 aromatic carbocycles. The highest BCUT2D eigenvalue weighted by molar-refractivity contribution is 7.17.